The summed E-state index contributed by atoms with van der Waals surface area (Å²) >= 11 is 5.53. The zero-order valence-electron chi connectivity index (χ0n) is 14.4. The van der Waals surface area contributed by atoms with Crippen molar-refractivity contribution in [3.8, 4) is 11.4 Å². The Labute approximate surface area is 147 Å². The summed E-state index contributed by atoms with van der Waals surface area (Å²) in [5, 5.41) is 7.50. The van der Waals surface area contributed by atoms with Crippen LogP contribution in [0.2, 0.25) is 0 Å². The van der Waals surface area contributed by atoms with Crippen molar-refractivity contribution in [1.29, 1.82) is 0 Å². The smallest absolute Gasteiger partial charge is 0.234 e. The van der Waals surface area contributed by atoms with Crippen LogP contribution in [0.1, 0.15) is 20.3 Å². The Bertz CT molecular complexity index is 724. The molecule has 0 unspecified atom stereocenters. The van der Waals surface area contributed by atoms with Gasteiger partial charge in [0, 0.05) is 31.0 Å². The second-order valence-corrected chi connectivity index (χ2v) is 5.96. The number of carbonyl (C=O) groups excluding carboxylic acids is 1. The third-order valence-corrected chi connectivity index (χ3v) is 3.97. The number of amides is 1. The Morgan fingerprint density at radius 3 is 2.67 bits per heavy atom. The zero-order chi connectivity index (χ0) is 17.5. The first kappa shape index (κ1) is 18.3. The number of nitrogens with one attached hydrogen (secondary N) is 1. The van der Waals surface area contributed by atoms with E-state index in [1.807, 2.05) is 42.5 Å². The summed E-state index contributed by atoms with van der Waals surface area (Å²) in [6.07, 6.45) is 4.40. The minimum Gasteiger partial charge on any atom is -0.355 e. The Hall–Kier alpha value is -2.06. The number of pyridine rings is 1. The number of hydrogen-bond acceptors (Lipinski definition) is 5. The van der Waals surface area contributed by atoms with Crippen molar-refractivity contribution < 1.29 is 4.79 Å². The molecule has 0 saturated heterocycles. The van der Waals surface area contributed by atoms with Crippen LogP contribution >= 0.6 is 12.2 Å². The first-order chi connectivity index (χ1) is 11.6. The predicted octanol–water partition coefficient (Wildman–Crippen LogP) is 1.91. The van der Waals surface area contributed by atoms with Gasteiger partial charge in [0.2, 0.25) is 5.91 Å². The standard InChI is InChI=1S/C16H24N6OS/c1-4-8-18-14(23)11-20(3)12-22-16(24)21(5-2)15(19-22)13-6-9-17-10-7-13/h6-7,9-10H,4-5,8,11-12H2,1-3H3,(H,18,23). The van der Waals surface area contributed by atoms with Crippen molar-refractivity contribution >= 4 is 18.1 Å². The maximum absolute atomic E-state index is 11.8. The molecule has 24 heavy (non-hydrogen) atoms. The number of aromatic nitrogens is 4. The van der Waals surface area contributed by atoms with Crippen molar-refractivity contribution in [2.75, 3.05) is 20.1 Å². The quantitative estimate of drug-likeness (QED) is 0.738. The van der Waals surface area contributed by atoms with E-state index < -0.39 is 0 Å². The van der Waals surface area contributed by atoms with Gasteiger partial charge in [-0.3, -0.25) is 14.7 Å². The highest BCUT2D eigenvalue weighted by Gasteiger charge is 2.13. The first-order valence-corrected chi connectivity index (χ1v) is 8.50. The van der Waals surface area contributed by atoms with Gasteiger partial charge < -0.3 is 9.88 Å². The van der Waals surface area contributed by atoms with Crippen LogP contribution < -0.4 is 5.32 Å². The average Bonchev–Trinajstić information content (AvgIpc) is 2.89. The van der Waals surface area contributed by atoms with Crippen LogP contribution in [0.5, 0.6) is 0 Å². The van der Waals surface area contributed by atoms with Gasteiger partial charge >= 0.3 is 0 Å². The minimum atomic E-state index is 0.00940. The highest BCUT2D eigenvalue weighted by Crippen LogP contribution is 2.17. The molecule has 2 aromatic rings. The summed E-state index contributed by atoms with van der Waals surface area (Å²) in [4.78, 5) is 17.7. The Kier molecular flexibility index (Phi) is 6.62. The van der Waals surface area contributed by atoms with Crippen molar-refractivity contribution in [2.45, 2.75) is 33.5 Å². The van der Waals surface area contributed by atoms with E-state index in [9.17, 15) is 4.79 Å². The molecule has 0 atom stereocenters. The van der Waals surface area contributed by atoms with Gasteiger partial charge in [0.15, 0.2) is 10.6 Å². The third-order valence-electron chi connectivity index (χ3n) is 3.54. The van der Waals surface area contributed by atoms with Gasteiger partial charge in [0.25, 0.3) is 0 Å². The third kappa shape index (κ3) is 4.48. The fourth-order valence-electron chi connectivity index (χ4n) is 2.38. The molecule has 130 valence electrons. The van der Waals surface area contributed by atoms with E-state index in [0.29, 0.717) is 24.5 Å². The molecule has 0 fully saturated rings. The lowest BCUT2D eigenvalue weighted by Crippen LogP contribution is -2.36. The van der Waals surface area contributed by atoms with Crippen molar-refractivity contribution in [2.24, 2.45) is 0 Å². The zero-order valence-corrected chi connectivity index (χ0v) is 15.2. The Morgan fingerprint density at radius 2 is 2.04 bits per heavy atom. The van der Waals surface area contributed by atoms with E-state index >= 15 is 0 Å². The van der Waals surface area contributed by atoms with E-state index in [4.69, 9.17) is 12.2 Å². The molecule has 0 bridgehead atoms. The van der Waals surface area contributed by atoms with Gasteiger partial charge in [0.1, 0.15) is 0 Å². The molecule has 0 aliphatic heterocycles. The van der Waals surface area contributed by atoms with Crippen LogP contribution in [0.25, 0.3) is 11.4 Å². The number of hydrogen-bond donors (Lipinski definition) is 1. The van der Waals surface area contributed by atoms with E-state index in [1.54, 1.807) is 17.1 Å². The fraction of sp³-hybridized carbons (Fsp3) is 0.500. The highest BCUT2D eigenvalue weighted by atomic mass is 32.1. The summed E-state index contributed by atoms with van der Waals surface area (Å²) < 4.78 is 4.38. The molecule has 1 amide bonds. The summed E-state index contributed by atoms with van der Waals surface area (Å²) in [7, 11) is 1.88. The molecule has 0 aromatic carbocycles. The van der Waals surface area contributed by atoms with E-state index in [0.717, 1.165) is 24.4 Å². The normalized spacial score (nSPS) is 11.0. The second kappa shape index (κ2) is 8.70. The van der Waals surface area contributed by atoms with Crippen LogP contribution in [-0.2, 0) is 18.0 Å². The molecule has 0 radical (unpaired) electrons. The van der Waals surface area contributed by atoms with E-state index in [-0.39, 0.29) is 5.91 Å². The number of likely N-dealkylation sites (N-methyl/N-ethyl adjacent to an activating group) is 1. The van der Waals surface area contributed by atoms with Crippen molar-refractivity contribution in [3.63, 3.8) is 0 Å². The van der Waals surface area contributed by atoms with Crippen molar-refractivity contribution in [3.05, 3.63) is 29.3 Å². The Morgan fingerprint density at radius 1 is 1.33 bits per heavy atom. The van der Waals surface area contributed by atoms with Gasteiger partial charge in [-0.25, -0.2) is 4.68 Å². The lowest BCUT2D eigenvalue weighted by Gasteiger charge is -2.15. The number of nitrogens with zero attached hydrogens (tertiary/aromatic N) is 5. The summed E-state index contributed by atoms with van der Waals surface area (Å²) in [6.45, 7) is 6.27. The van der Waals surface area contributed by atoms with Gasteiger partial charge in [-0.05, 0) is 44.7 Å². The van der Waals surface area contributed by atoms with Gasteiger partial charge in [0.05, 0.1) is 13.2 Å². The molecule has 7 nitrogen and oxygen atoms in total. The maximum atomic E-state index is 11.8. The summed E-state index contributed by atoms with van der Waals surface area (Å²) in [5.41, 5.74) is 0.972. The first-order valence-electron chi connectivity index (χ1n) is 8.10. The number of carbonyl (C=O) groups is 1. The maximum Gasteiger partial charge on any atom is 0.234 e. The molecule has 1 N–H and O–H groups in total. The van der Waals surface area contributed by atoms with Crippen LogP contribution in [0.4, 0.5) is 0 Å². The lowest BCUT2D eigenvalue weighted by molar-refractivity contribution is -0.122. The minimum absolute atomic E-state index is 0.00940. The van der Waals surface area contributed by atoms with Gasteiger partial charge in [-0.2, -0.15) is 5.10 Å². The molecule has 0 aliphatic carbocycles. The molecule has 8 heteroatoms. The van der Waals surface area contributed by atoms with E-state index in [1.165, 1.54) is 0 Å². The molecule has 2 rings (SSSR count). The molecule has 0 spiro atoms. The predicted molar refractivity (Wildman–Crippen MR) is 95.9 cm³/mol. The van der Waals surface area contributed by atoms with Crippen molar-refractivity contribution in [1.82, 2.24) is 29.5 Å². The molecule has 2 heterocycles. The largest absolute Gasteiger partial charge is 0.355 e. The van der Waals surface area contributed by atoms with Crippen LogP contribution in [0.15, 0.2) is 24.5 Å². The van der Waals surface area contributed by atoms with Crippen LogP contribution in [0.3, 0.4) is 0 Å². The second-order valence-electron chi connectivity index (χ2n) is 5.59. The lowest BCUT2D eigenvalue weighted by atomic mass is 10.2. The van der Waals surface area contributed by atoms with Crippen LogP contribution in [0, 0.1) is 4.77 Å². The van der Waals surface area contributed by atoms with E-state index in [2.05, 4.69) is 15.4 Å². The van der Waals surface area contributed by atoms with Crippen LogP contribution in [-0.4, -0.2) is 50.3 Å². The molecular weight excluding hydrogens is 324 g/mol. The average molecular weight is 348 g/mol. The topological polar surface area (TPSA) is 68.0 Å². The van der Waals surface area contributed by atoms with Gasteiger partial charge in [-0.1, -0.05) is 6.92 Å². The molecule has 2 aromatic heterocycles. The molecular formula is C16H24N6OS. The SMILES string of the molecule is CCCNC(=O)CN(C)Cn1nc(-c2ccncc2)n(CC)c1=S. The summed E-state index contributed by atoms with van der Waals surface area (Å²) in [5.74, 6) is 0.823. The Balaban J connectivity index is 2.15. The van der Waals surface area contributed by atoms with Gasteiger partial charge in [-0.15, -0.1) is 0 Å². The highest BCUT2D eigenvalue weighted by molar-refractivity contribution is 7.71. The fourth-order valence-corrected chi connectivity index (χ4v) is 2.69. The molecule has 0 aliphatic rings. The molecule has 0 saturated carbocycles. The monoisotopic (exact) mass is 348 g/mol. The summed E-state index contributed by atoms with van der Waals surface area (Å²) in [6, 6.07) is 3.82. The number of rotatable bonds is 8.